The highest BCUT2D eigenvalue weighted by molar-refractivity contribution is 7.89. The predicted octanol–water partition coefficient (Wildman–Crippen LogP) is 2.70. The summed E-state index contributed by atoms with van der Waals surface area (Å²) < 4.78 is 27.3. The first kappa shape index (κ1) is 20.4. The van der Waals surface area contributed by atoms with Crippen molar-refractivity contribution in [3.8, 4) is 0 Å². The molecule has 1 saturated carbocycles. The fraction of sp³-hybridized carbons (Fsp3) is 0.476. The number of hydrogen-bond donors (Lipinski definition) is 0. The Hall–Kier alpha value is -1.90. The summed E-state index contributed by atoms with van der Waals surface area (Å²) in [7, 11) is -3.61. The molecule has 1 saturated heterocycles. The maximum atomic E-state index is 12.9. The van der Waals surface area contributed by atoms with E-state index in [9.17, 15) is 13.2 Å². The molecule has 2 aliphatic rings. The summed E-state index contributed by atoms with van der Waals surface area (Å²) in [4.78, 5) is 17.9. The average Bonchev–Trinajstić information content (AvgIpc) is 3.41. The van der Waals surface area contributed by atoms with Crippen molar-refractivity contribution < 1.29 is 13.2 Å². The van der Waals surface area contributed by atoms with Crippen molar-refractivity contribution in [2.24, 2.45) is 0 Å². The predicted molar refractivity (Wildman–Crippen MR) is 117 cm³/mol. The van der Waals surface area contributed by atoms with Crippen LogP contribution in [0.5, 0.6) is 0 Å². The van der Waals surface area contributed by atoms with Crippen LogP contribution in [0.1, 0.15) is 23.3 Å². The first-order chi connectivity index (χ1) is 13.9. The monoisotopic (exact) mass is 433 g/mol. The SMILES string of the molecule is Cc1cccc(N2CCN(S(=O)(=O)CC(=O)N(Cc3cccs3)C3CC3)CC2)c1. The van der Waals surface area contributed by atoms with Gasteiger partial charge in [0.1, 0.15) is 5.75 Å². The molecule has 0 radical (unpaired) electrons. The maximum absolute atomic E-state index is 12.9. The molecule has 2 heterocycles. The molecule has 156 valence electrons. The van der Waals surface area contributed by atoms with Gasteiger partial charge in [0.2, 0.25) is 15.9 Å². The van der Waals surface area contributed by atoms with Crippen LogP contribution in [-0.2, 0) is 21.4 Å². The number of benzene rings is 1. The molecule has 0 unspecified atom stereocenters. The highest BCUT2D eigenvalue weighted by Gasteiger charge is 2.36. The first-order valence-electron chi connectivity index (χ1n) is 10.0. The van der Waals surface area contributed by atoms with E-state index < -0.39 is 15.8 Å². The molecule has 2 fully saturated rings. The molecule has 0 N–H and O–H groups in total. The molecular formula is C21H27N3O3S2. The smallest absolute Gasteiger partial charge is 0.239 e. The van der Waals surface area contributed by atoms with Crippen LogP contribution in [0.2, 0.25) is 0 Å². The van der Waals surface area contributed by atoms with Gasteiger partial charge in [-0.25, -0.2) is 8.42 Å². The number of sulfonamides is 1. The topological polar surface area (TPSA) is 60.9 Å². The third-order valence-electron chi connectivity index (χ3n) is 5.52. The van der Waals surface area contributed by atoms with Gasteiger partial charge in [-0.15, -0.1) is 11.3 Å². The van der Waals surface area contributed by atoms with Crippen molar-refractivity contribution in [2.45, 2.75) is 32.4 Å². The molecule has 8 heteroatoms. The van der Waals surface area contributed by atoms with Crippen molar-refractivity contribution in [1.29, 1.82) is 0 Å². The number of rotatable bonds is 7. The van der Waals surface area contributed by atoms with Gasteiger partial charge >= 0.3 is 0 Å². The Kier molecular flexibility index (Phi) is 5.94. The third kappa shape index (κ3) is 4.99. The molecule has 0 bridgehead atoms. The van der Waals surface area contributed by atoms with Gasteiger partial charge in [-0.3, -0.25) is 4.79 Å². The summed E-state index contributed by atoms with van der Waals surface area (Å²) in [5.41, 5.74) is 2.31. The fourth-order valence-corrected chi connectivity index (χ4v) is 5.84. The van der Waals surface area contributed by atoms with Crippen LogP contribution in [0.3, 0.4) is 0 Å². The highest BCUT2D eigenvalue weighted by atomic mass is 32.2. The van der Waals surface area contributed by atoms with Crippen LogP contribution in [0, 0.1) is 6.92 Å². The lowest BCUT2D eigenvalue weighted by Gasteiger charge is -2.35. The third-order valence-corrected chi connectivity index (χ3v) is 8.14. The fourth-order valence-electron chi connectivity index (χ4n) is 3.76. The Morgan fingerprint density at radius 3 is 2.52 bits per heavy atom. The number of amides is 1. The van der Waals surface area contributed by atoms with Crippen molar-refractivity contribution >= 4 is 33.0 Å². The minimum absolute atomic E-state index is 0.193. The standard InChI is InChI=1S/C21H27N3O3S2/c1-17-4-2-5-19(14-17)22-9-11-23(12-10-22)29(26,27)16-21(25)24(18-7-8-18)15-20-6-3-13-28-20/h2-6,13-14,18H,7-12,15-16H2,1H3. The van der Waals surface area contributed by atoms with Gasteiger partial charge in [-0.05, 0) is 48.9 Å². The van der Waals surface area contributed by atoms with Crippen LogP contribution in [0.25, 0.3) is 0 Å². The molecule has 1 aromatic heterocycles. The molecule has 6 nitrogen and oxygen atoms in total. The van der Waals surface area contributed by atoms with Crippen LogP contribution < -0.4 is 4.90 Å². The van der Waals surface area contributed by atoms with Gasteiger partial charge in [-0.2, -0.15) is 4.31 Å². The van der Waals surface area contributed by atoms with E-state index >= 15 is 0 Å². The summed E-state index contributed by atoms with van der Waals surface area (Å²) in [5.74, 6) is -0.707. The summed E-state index contributed by atoms with van der Waals surface area (Å²) in [6.45, 7) is 4.67. The lowest BCUT2D eigenvalue weighted by Crippen LogP contribution is -2.51. The second-order valence-electron chi connectivity index (χ2n) is 7.81. The Morgan fingerprint density at radius 1 is 1.14 bits per heavy atom. The molecule has 1 aliphatic carbocycles. The number of thiophene rings is 1. The summed E-state index contributed by atoms with van der Waals surface area (Å²) in [5, 5.41) is 1.98. The minimum atomic E-state index is -3.61. The average molecular weight is 434 g/mol. The molecule has 1 aliphatic heterocycles. The molecule has 0 atom stereocenters. The van der Waals surface area contributed by atoms with E-state index in [0.717, 1.165) is 23.4 Å². The van der Waals surface area contributed by atoms with Crippen molar-refractivity contribution in [1.82, 2.24) is 9.21 Å². The number of carbonyl (C=O) groups excluding carboxylic acids is 1. The first-order valence-corrected chi connectivity index (χ1v) is 12.5. The Morgan fingerprint density at radius 2 is 1.90 bits per heavy atom. The van der Waals surface area contributed by atoms with E-state index in [2.05, 4.69) is 30.0 Å². The molecule has 29 heavy (non-hydrogen) atoms. The molecule has 1 amide bonds. The van der Waals surface area contributed by atoms with Gasteiger partial charge in [0.05, 0.1) is 6.54 Å². The normalized spacial score (nSPS) is 18.0. The van der Waals surface area contributed by atoms with E-state index in [4.69, 9.17) is 0 Å². The number of piperazine rings is 1. The molecule has 0 spiro atoms. The lowest BCUT2D eigenvalue weighted by molar-refractivity contribution is -0.129. The zero-order chi connectivity index (χ0) is 20.4. The summed E-state index contributed by atoms with van der Waals surface area (Å²) in [6.07, 6.45) is 1.93. The number of anilines is 1. The van der Waals surface area contributed by atoms with E-state index in [1.165, 1.54) is 9.87 Å². The van der Waals surface area contributed by atoms with Crippen molar-refractivity contribution in [2.75, 3.05) is 36.8 Å². The van der Waals surface area contributed by atoms with E-state index in [1.54, 1.807) is 16.2 Å². The number of carbonyl (C=O) groups is 1. The largest absolute Gasteiger partial charge is 0.369 e. The minimum Gasteiger partial charge on any atom is -0.369 e. The van der Waals surface area contributed by atoms with Gasteiger partial charge in [0.15, 0.2) is 0 Å². The Balaban J connectivity index is 1.36. The zero-order valence-electron chi connectivity index (χ0n) is 16.7. The maximum Gasteiger partial charge on any atom is 0.239 e. The number of nitrogens with zero attached hydrogens (tertiary/aromatic N) is 3. The second kappa shape index (κ2) is 8.45. The van der Waals surface area contributed by atoms with Crippen molar-refractivity contribution in [3.05, 3.63) is 52.2 Å². The zero-order valence-corrected chi connectivity index (χ0v) is 18.3. The van der Waals surface area contributed by atoms with E-state index in [1.807, 2.05) is 23.6 Å². The summed E-state index contributed by atoms with van der Waals surface area (Å²) >= 11 is 1.60. The van der Waals surface area contributed by atoms with E-state index in [-0.39, 0.29) is 11.9 Å². The van der Waals surface area contributed by atoms with E-state index in [0.29, 0.717) is 32.7 Å². The molecule has 4 rings (SSSR count). The van der Waals surface area contributed by atoms with Crippen molar-refractivity contribution in [3.63, 3.8) is 0 Å². The Bertz CT molecular complexity index is 947. The lowest BCUT2D eigenvalue weighted by atomic mass is 10.2. The molecular weight excluding hydrogens is 406 g/mol. The second-order valence-corrected chi connectivity index (χ2v) is 10.8. The molecule has 2 aromatic rings. The highest BCUT2D eigenvalue weighted by Crippen LogP contribution is 2.30. The van der Waals surface area contributed by atoms with Crippen LogP contribution in [0.15, 0.2) is 41.8 Å². The number of aryl methyl sites for hydroxylation is 1. The number of hydrogen-bond acceptors (Lipinski definition) is 5. The van der Waals surface area contributed by atoms with Crippen LogP contribution >= 0.6 is 11.3 Å². The van der Waals surface area contributed by atoms with Gasteiger partial charge < -0.3 is 9.80 Å². The quantitative estimate of drug-likeness (QED) is 0.674. The van der Waals surface area contributed by atoms with Gasteiger partial charge in [0.25, 0.3) is 0 Å². The Labute approximate surface area is 176 Å². The van der Waals surface area contributed by atoms with Gasteiger partial charge in [0, 0.05) is 42.8 Å². The summed E-state index contributed by atoms with van der Waals surface area (Å²) in [6, 6.07) is 12.4. The molecule has 1 aromatic carbocycles. The van der Waals surface area contributed by atoms with Crippen LogP contribution in [-0.4, -0.2) is 61.5 Å². The van der Waals surface area contributed by atoms with Gasteiger partial charge in [-0.1, -0.05) is 18.2 Å². The van der Waals surface area contributed by atoms with Crippen LogP contribution in [0.4, 0.5) is 5.69 Å².